The van der Waals surface area contributed by atoms with Gasteiger partial charge >= 0.3 is 0 Å². The molecule has 0 aliphatic carbocycles. The maximum absolute atomic E-state index is 14.0. The monoisotopic (exact) mass is 326 g/mol. The van der Waals surface area contributed by atoms with Gasteiger partial charge < -0.3 is 0 Å². The number of hydrogen-bond acceptors (Lipinski definition) is 3. The quantitative estimate of drug-likeness (QED) is 0.688. The third kappa shape index (κ3) is 1.77. The van der Waals surface area contributed by atoms with Crippen molar-refractivity contribution in [2.45, 2.75) is 0 Å². The van der Waals surface area contributed by atoms with Crippen molar-refractivity contribution < 1.29 is 4.39 Å². The second-order valence-electron chi connectivity index (χ2n) is 3.55. The lowest BCUT2D eigenvalue weighted by molar-refractivity contribution is 0.622. The van der Waals surface area contributed by atoms with Crippen LogP contribution in [0.2, 0.25) is 5.15 Å². The molecule has 0 saturated carbocycles. The van der Waals surface area contributed by atoms with Crippen molar-refractivity contribution in [1.29, 1.82) is 0 Å². The summed E-state index contributed by atoms with van der Waals surface area (Å²) in [6.45, 7) is 0. The molecule has 0 radical (unpaired) electrons. The van der Waals surface area contributed by atoms with Crippen molar-refractivity contribution in [3.63, 3.8) is 0 Å². The van der Waals surface area contributed by atoms with Gasteiger partial charge in [-0.05, 0) is 40.2 Å². The van der Waals surface area contributed by atoms with Gasteiger partial charge in [-0.3, -0.25) is 0 Å². The average Bonchev–Trinajstić information content (AvgIpc) is 2.75. The first-order chi connectivity index (χ1) is 8.66. The average molecular weight is 328 g/mol. The summed E-state index contributed by atoms with van der Waals surface area (Å²) < 4.78 is 15.8. The summed E-state index contributed by atoms with van der Waals surface area (Å²) >= 11 is 8.95. The zero-order chi connectivity index (χ0) is 12.7. The normalized spacial score (nSPS) is 11.1. The fourth-order valence-corrected chi connectivity index (χ4v) is 2.12. The first kappa shape index (κ1) is 11.6. The van der Waals surface area contributed by atoms with Crippen LogP contribution in [0.15, 0.2) is 34.8 Å². The molecule has 0 spiro atoms. The van der Waals surface area contributed by atoms with Crippen LogP contribution < -0.4 is 0 Å². The number of nitrogens with zero attached hydrogens (tertiary/aromatic N) is 4. The van der Waals surface area contributed by atoms with E-state index in [0.29, 0.717) is 26.7 Å². The Balaban J connectivity index is 2.32. The molecule has 90 valence electrons. The van der Waals surface area contributed by atoms with Crippen LogP contribution in [0.3, 0.4) is 0 Å². The van der Waals surface area contributed by atoms with Crippen LogP contribution >= 0.6 is 27.5 Å². The van der Waals surface area contributed by atoms with Gasteiger partial charge in [0.25, 0.3) is 0 Å². The van der Waals surface area contributed by atoms with Crippen LogP contribution in [0, 0.1) is 5.82 Å². The summed E-state index contributed by atoms with van der Waals surface area (Å²) in [5.41, 5.74) is 0.820. The van der Waals surface area contributed by atoms with E-state index in [4.69, 9.17) is 11.6 Å². The molecule has 0 fully saturated rings. The fourth-order valence-electron chi connectivity index (χ4n) is 1.61. The molecule has 0 unspecified atom stereocenters. The zero-order valence-electron chi connectivity index (χ0n) is 8.81. The summed E-state index contributed by atoms with van der Waals surface area (Å²) in [5.74, 6) is -0.0973. The molecule has 0 saturated heterocycles. The van der Waals surface area contributed by atoms with Crippen molar-refractivity contribution >= 4 is 33.2 Å². The molecule has 0 aliphatic heterocycles. The Hall–Kier alpha value is -1.53. The molecule has 3 rings (SSSR count). The first-order valence-corrected chi connectivity index (χ1v) is 6.16. The van der Waals surface area contributed by atoms with Crippen LogP contribution in [0.1, 0.15) is 0 Å². The first-order valence-electron chi connectivity index (χ1n) is 4.99. The largest absolute Gasteiger partial charge is 0.205 e. The standard InChI is InChI=1S/C11H5BrClFN4/c12-7-3-1-2-6(10(7)14)11-16-15-9-5-4-8(13)17-18(9)11/h1-5H. The van der Waals surface area contributed by atoms with Crippen molar-refractivity contribution in [2.24, 2.45) is 0 Å². The van der Waals surface area contributed by atoms with E-state index in [2.05, 4.69) is 31.2 Å². The van der Waals surface area contributed by atoms with Gasteiger partial charge in [-0.15, -0.1) is 10.2 Å². The minimum atomic E-state index is -0.409. The van der Waals surface area contributed by atoms with Gasteiger partial charge in [0.1, 0.15) is 11.0 Å². The molecule has 4 nitrogen and oxygen atoms in total. The minimum Gasteiger partial charge on any atom is -0.205 e. The Morgan fingerprint density at radius 1 is 1.17 bits per heavy atom. The van der Waals surface area contributed by atoms with E-state index >= 15 is 0 Å². The summed E-state index contributed by atoms with van der Waals surface area (Å²) in [6.07, 6.45) is 0. The smallest absolute Gasteiger partial charge is 0.188 e. The Kier molecular flexibility index (Phi) is 2.76. The molecule has 7 heteroatoms. The van der Waals surface area contributed by atoms with E-state index < -0.39 is 5.82 Å². The third-order valence-corrected chi connectivity index (χ3v) is 3.24. The van der Waals surface area contributed by atoms with Crippen molar-refractivity contribution in [2.75, 3.05) is 0 Å². The van der Waals surface area contributed by atoms with E-state index in [0.717, 1.165) is 0 Å². The fraction of sp³-hybridized carbons (Fsp3) is 0. The maximum atomic E-state index is 14.0. The van der Waals surface area contributed by atoms with E-state index in [1.807, 2.05) is 0 Å². The number of aromatic nitrogens is 4. The van der Waals surface area contributed by atoms with Gasteiger partial charge in [0, 0.05) is 0 Å². The molecule has 0 aliphatic rings. The van der Waals surface area contributed by atoms with Gasteiger partial charge in [-0.25, -0.2) is 4.39 Å². The van der Waals surface area contributed by atoms with Gasteiger partial charge in [0.15, 0.2) is 11.5 Å². The van der Waals surface area contributed by atoms with Crippen LogP contribution in [-0.2, 0) is 0 Å². The number of fused-ring (bicyclic) bond motifs is 1. The van der Waals surface area contributed by atoms with Gasteiger partial charge in [-0.2, -0.15) is 9.61 Å². The van der Waals surface area contributed by atoms with E-state index in [9.17, 15) is 4.39 Å². The minimum absolute atomic E-state index is 0.291. The van der Waals surface area contributed by atoms with Crippen LogP contribution in [0.4, 0.5) is 4.39 Å². The summed E-state index contributed by atoms with van der Waals surface area (Å²) in [6, 6.07) is 8.21. The Morgan fingerprint density at radius 3 is 2.83 bits per heavy atom. The zero-order valence-corrected chi connectivity index (χ0v) is 11.2. The van der Waals surface area contributed by atoms with E-state index in [-0.39, 0.29) is 0 Å². The lowest BCUT2D eigenvalue weighted by Crippen LogP contribution is -1.97. The predicted octanol–water partition coefficient (Wildman–Crippen LogP) is 3.35. The van der Waals surface area contributed by atoms with Crippen molar-refractivity contribution in [3.8, 4) is 11.4 Å². The van der Waals surface area contributed by atoms with Crippen LogP contribution in [0.25, 0.3) is 17.0 Å². The number of rotatable bonds is 1. The predicted molar refractivity (Wildman–Crippen MR) is 68.9 cm³/mol. The molecular weight excluding hydrogens is 323 g/mol. The lowest BCUT2D eigenvalue weighted by atomic mass is 10.2. The highest BCUT2D eigenvalue weighted by molar-refractivity contribution is 9.10. The lowest BCUT2D eigenvalue weighted by Gasteiger charge is -2.02. The van der Waals surface area contributed by atoms with Crippen LogP contribution in [-0.4, -0.2) is 19.8 Å². The maximum Gasteiger partial charge on any atom is 0.188 e. The molecule has 3 aromatic rings. The molecule has 1 aromatic carbocycles. The molecule has 2 heterocycles. The highest BCUT2D eigenvalue weighted by Gasteiger charge is 2.15. The molecule has 0 atom stereocenters. The second-order valence-corrected chi connectivity index (χ2v) is 4.79. The third-order valence-electron chi connectivity index (χ3n) is 2.42. The van der Waals surface area contributed by atoms with E-state index in [1.165, 1.54) is 4.52 Å². The van der Waals surface area contributed by atoms with Gasteiger partial charge in [-0.1, -0.05) is 17.7 Å². The number of halogens is 3. The summed E-state index contributed by atoms with van der Waals surface area (Å²) in [5, 5.41) is 12.2. The number of benzene rings is 1. The Morgan fingerprint density at radius 2 is 2.00 bits per heavy atom. The molecule has 0 N–H and O–H groups in total. The Bertz CT molecular complexity index is 743. The molecular formula is C11H5BrClFN4. The summed E-state index contributed by atoms with van der Waals surface area (Å²) in [7, 11) is 0. The SMILES string of the molecule is Fc1c(Br)cccc1-c1nnc2ccc(Cl)nn12. The number of hydrogen-bond donors (Lipinski definition) is 0. The molecule has 2 aromatic heterocycles. The summed E-state index contributed by atoms with van der Waals surface area (Å²) in [4.78, 5) is 0. The Labute approximate surface area is 115 Å². The van der Waals surface area contributed by atoms with Gasteiger partial charge in [0.05, 0.1) is 10.0 Å². The van der Waals surface area contributed by atoms with Crippen LogP contribution in [0.5, 0.6) is 0 Å². The topological polar surface area (TPSA) is 43.1 Å². The highest BCUT2D eigenvalue weighted by Crippen LogP contribution is 2.26. The van der Waals surface area contributed by atoms with Gasteiger partial charge in [0.2, 0.25) is 0 Å². The molecule has 18 heavy (non-hydrogen) atoms. The highest BCUT2D eigenvalue weighted by atomic mass is 79.9. The second kappa shape index (κ2) is 4.29. The molecule has 0 bridgehead atoms. The van der Waals surface area contributed by atoms with Crippen molar-refractivity contribution in [3.05, 3.63) is 45.8 Å². The van der Waals surface area contributed by atoms with Crippen molar-refractivity contribution in [1.82, 2.24) is 19.8 Å². The molecule has 0 amide bonds. The van der Waals surface area contributed by atoms with E-state index in [1.54, 1.807) is 30.3 Å².